The molecule has 3 unspecified atom stereocenters. The van der Waals surface area contributed by atoms with Crippen molar-refractivity contribution < 1.29 is 13.2 Å². The molecule has 156 valence electrons. The summed E-state index contributed by atoms with van der Waals surface area (Å²) in [7, 11) is 0.790. The van der Waals surface area contributed by atoms with Crippen molar-refractivity contribution in [1.82, 2.24) is 14.9 Å². The van der Waals surface area contributed by atoms with Gasteiger partial charge >= 0.3 is 0 Å². The number of sulfonamides is 1. The Morgan fingerprint density at radius 1 is 1.18 bits per heavy atom. The van der Waals surface area contributed by atoms with E-state index in [1.807, 2.05) is 45.3 Å². The predicted molar refractivity (Wildman–Crippen MR) is 113 cm³/mol. The van der Waals surface area contributed by atoms with Crippen molar-refractivity contribution in [2.24, 2.45) is 0 Å². The quantitative estimate of drug-likeness (QED) is 0.353. The van der Waals surface area contributed by atoms with Crippen LogP contribution in [-0.4, -0.2) is 58.2 Å². The topological polar surface area (TPSA) is 74.0 Å². The van der Waals surface area contributed by atoms with Gasteiger partial charge in [0.1, 0.15) is 0 Å². The molecule has 0 bridgehead atoms. The molecule has 0 saturated carbocycles. The molecule has 1 heterocycles. The molecule has 0 spiro atoms. The minimum atomic E-state index is -3.23. The Morgan fingerprint density at radius 3 is 2.43 bits per heavy atom. The van der Waals surface area contributed by atoms with E-state index < -0.39 is 15.3 Å². The second kappa shape index (κ2) is 10.4. The Hall–Kier alpha value is -1.43. The Labute approximate surface area is 170 Å². The first-order chi connectivity index (χ1) is 13.2. The third kappa shape index (κ3) is 7.19. The van der Waals surface area contributed by atoms with Gasteiger partial charge in [-0.25, -0.2) is 13.1 Å². The lowest BCUT2D eigenvalue weighted by atomic mass is 10.0. The van der Waals surface area contributed by atoms with Crippen LogP contribution in [0.15, 0.2) is 24.3 Å². The van der Waals surface area contributed by atoms with Crippen LogP contribution in [0, 0.1) is 11.8 Å². The number of unbranched alkanes of at least 4 members (excludes halogenated alkanes) is 1. The van der Waals surface area contributed by atoms with Gasteiger partial charge in [-0.3, -0.25) is 10.2 Å². The van der Waals surface area contributed by atoms with Crippen LogP contribution in [0.2, 0.25) is 0 Å². The largest absolute Gasteiger partial charge is 0.337 e. The van der Waals surface area contributed by atoms with Crippen LogP contribution < -0.4 is 10.0 Å². The molecular formula is C21H33N3O3S. The van der Waals surface area contributed by atoms with Gasteiger partial charge in [0.15, 0.2) is 12.5 Å². The van der Waals surface area contributed by atoms with Crippen LogP contribution in [0.25, 0.3) is 0 Å². The summed E-state index contributed by atoms with van der Waals surface area (Å²) in [6.07, 6.45) is 2.18. The molecule has 1 saturated heterocycles. The maximum Gasteiger partial charge on any atom is 0.213 e. The third-order valence-corrected chi connectivity index (χ3v) is 6.54. The molecule has 1 aliphatic heterocycles. The molecular weight excluding hydrogens is 374 g/mol. The number of hydrogen-bond acceptors (Lipinski definition) is 5. The second-order valence-electron chi connectivity index (χ2n) is 7.74. The summed E-state index contributed by atoms with van der Waals surface area (Å²) in [6.45, 7) is 6.67. The predicted octanol–water partition coefficient (Wildman–Crippen LogP) is 2.08. The highest BCUT2D eigenvalue weighted by Crippen LogP contribution is 2.20. The lowest BCUT2D eigenvalue weighted by Crippen LogP contribution is -2.33. The fraction of sp³-hybridized carbons (Fsp3) is 0.619. The number of rotatable bonds is 10. The van der Waals surface area contributed by atoms with Gasteiger partial charge in [0, 0.05) is 18.5 Å². The highest BCUT2D eigenvalue weighted by Gasteiger charge is 2.39. The zero-order valence-electron chi connectivity index (χ0n) is 17.5. The summed E-state index contributed by atoms with van der Waals surface area (Å²) in [5, 5.41) is 2.94. The molecule has 7 heteroatoms. The molecule has 1 aliphatic rings. The first kappa shape index (κ1) is 22.9. The number of nitrogens with one attached hydrogen (secondary N) is 2. The molecule has 1 aromatic carbocycles. The van der Waals surface area contributed by atoms with Crippen LogP contribution in [0.4, 0.5) is 0 Å². The fourth-order valence-corrected chi connectivity index (χ4v) is 3.47. The Balaban J connectivity index is 1.70. The molecule has 0 amide bonds. The van der Waals surface area contributed by atoms with Crippen molar-refractivity contribution in [3.63, 3.8) is 0 Å². The van der Waals surface area contributed by atoms with Crippen molar-refractivity contribution >= 4 is 10.0 Å². The van der Waals surface area contributed by atoms with Crippen LogP contribution in [0.1, 0.15) is 50.7 Å². The van der Waals surface area contributed by atoms with E-state index in [-0.39, 0.29) is 18.4 Å². The van der Waals surface area contributed by atoms with E-state index in [1.165, 1.54) is 0 Å². The van der Waals surface area contributed by atoms with Crippen molar-refractivity contribution in [3.8, 4) is 11.8 Å². The standard InChI is InChI=1S/C21H33N3O3S/c1-16(2)28(25,26)23-15-17(3)19-12-10-18(11-13-19)9-7-6-8-14-22-20-21(27-20)24(4)5/h10-13,16-17,20-23H,6,8,14-15H2,1-5H3. The van der Waals surface area contributed by atoms with E-state index in [1.54, 1.807) is 13.8 Å². The highest BCUT2D eigenvalue weighted by molar-refractivity contribution is 7.90. The summed E-state index contributed by atoms with van der Waals surface area (Å²) in [5.74, 6) is 6.50. The average molecular weight is 408 g/mol. The first-order valence-electron chi connectivity index (χ1n) is 9.83. The van der Waals surface area contributed by atoms with Crippen molar-refractivity contribution in [1.29, 1.82) is 0 Å². The van der Waals surface area contributed by atoms with Crippen LogP contribution in [-0.2, 0) is 14.8 Å². The average Bonchev–Trinajstić information content (AvgIpc) is 3.43. The van der Waals surface area contributed by atoms with E-state index in [0.29, 0.717) is 6.54 Å². The molecule has 1 fully saturated rings. The Bertz CT molecular complexity index is 779. The van der Waals surface area contributed by atoms with E-state index in [4.69, 9.17) is 4.74 Å². The van der Waals surface area contributed by atoms with Crippen LogP contribution in [0.3, 0.4) is 0 Å². The summed E-state index contributed by atoms with van der Waals surface area (Å²) < 4.78 is 31.9. The highest BCUT2D eigenvalue weighted by atomic mass is 32.2. The van der Waals surface area contributed by atoms with Gasteiger partial charge in [0.25, 0.3) is 0 Å². The van der Waals surface area contributed by atoms with E-state index in [2.05, 4.69) is 26.8 Å². The van der Waals surface area contributed by atoms with Crippen molar-refractivity contribution in [2.45, 2.75) is 57.2 Å². The van der Waals surface area contributed by atoms with E-state index >= 15 is 0 Å². The Kier molecular flexibility index (Phi) is 8.47. The normalized spacial score (nSPS) is 20.1. The van der Waals surface area contributed by atoms with Gasteiger partial charge in [-0.2, -0.15) is 0 Å². The van der Waals surface area contributed by atoms with Gasteiger partial charge in [-0.15, -0.1) is 0 Å². The van der Waals surface area contributed by atoms with Crippen molar-refractivity contribution in [2.75, 3.05) is 27.2 Å². The Morgan fingerprint density at radius 2 is 1.86 bits per heavy atom. The monoisotopic (exact) mass is 407 g/mol. The number of likely N-dealkylation sites (N-methyl/N-ethyl adjacent to an activating group) is 1. The molecule has 2 rings (SSSR count). The number of hydrogen-bond donors (Lipinski definition) is 2. The van der Waals surface area contributed by atoms with Gasteiger partial charge in [0.2, 0.25) is 10.0 Å². The van der Waals surface area contributed by atoms with Crippen LogP contribution in [0.5, 0.6) is 0 Å². The molecule has 28 heavy (non-hydrogen) atoms. The number of epoxide rings is 1. The molecule has 6 nitrogen and oxygen atoms in total. The van der Waals surface area contributed by atoms with E-state index in [9.17, 15) is 8.42 Å². The molecule has 0 aromatic heterocycles. The SMILES string of the molecule is CC(CNS(=O)(=O)C(C)C)c1ccc(C#CCCCNC2OC2N(C)C)cc1. The summed E-state index contributed by atoms with van der Waals surface area (Å²) in [5.41, 5.74) is 2.07. The summed E-state index contributed by atoms with van der Waals surface area (Å²) >= 11 is 0. The van der Waals surface area contributed by atoms with E-state index in [0.717, 1.165) is 30.5 Å². The minimum Gasteiger partial charge on any atom is -0.337 e. The zero-order valence-corrected chi connectivity index (χ0v) is 18.3. The summed E-state index contributed by atoms with van der Waals surface area (Å²) in [6, 6.07) is 8.03. The third-order valence-electron chi connectivity index (χ3n) is 4.73. The molecule has 0 aliphatic carbocycles. The zero-order chi connectivity index (χ0) is 20.7. The summed E-state index contributed by atoms with van der Waals surface area (Å²) in [4.78, 5) is 2.06. The molecule has 0 radical (unpaired) electrons. The molecule has 3 atom stereocenters. The van der Waals surface area contributed by atoms with Crippen LogP contribution >= 0.6 is 0 Å². The van der Waals surface area contributed by atoms with Gasteiger partial charge in [-0.05, 0) is 64.5 Å². The second-order valence-corrected chi connectivity index (χ2v) is 10.1. The minimum absolute atomic E-state index is 0.109. The maximum absolute atomic E-state index is 11.9. The van der Waals surface area contributed by atoms with Gasteiger partial charge < -0.3 is 4.74 Å². The fourth-order valence-electron chi connectivity index (χ4n) is 2.65. The molecule has 1 aromatic rings. The maximum atomic E-state index is 11.9. The van der Waals surface area contributed by atoms with Gasteiger partial charge in [0.05, 0.1) is 5.25 Å². The number of ether oxygens (including phenoxy) is 1. The molecule has 2 N–H and O–H groups in total. The number of benzene rings is 1. The van der Waals surface area contributed by atoms with Gasteiger partial charge in [-0.1, -0.05) is 30.9 Å². The number of nitrogens with zero attached hydrogens (tertiary/aromatic N) is 1. The van der Waals surface area contributed by atoms with Crippen molar-refractivity contribution in [3.05, 3.63) is 35.4 Å². The smallest absolute Gasteiger partial charge is 0.213 e. The lowest BCUT2D eigenvalue weighted by Gasteiger charge is -2.15. The lowest BCUT2D eigenvalue weighted by molar-refractivity contribution is 0.242. The first-order valence-corrected chi connectivity index (χ1v) is 11.4.